The molecule has 4 heterocycles. The van der Waals surface area contributed by atoms with Gasteiger partial charge in [-0.2, -0.15) is 6.20 Å². The van der Waals surface area contributed by atoms with Crippen LogP contribution in [0.3, 0.4) is 0 Å². The number of thioether (sulfide) groups is 1. The quantitative estimate of drug-likeness (QED) is 0.195. The molecule has 0 saturated carbocycles. The number of hydrogen-bond donors (Lipinski definition) is 1. The molecule has 2 atom stereocenters. The first-order chi connectivity index (χ1) is 24.3. The van der Waals surface area contributed by atoms with Gasteiger partial charge < -0.3 is 10.6 Å². The van der Waals surface area contributed by atoms with Crippen molar-refractivity contribution in [3.8, 4) is 45.0 Å². The van der Waals surface area contributed by atoms with Crippen molar-refractivity contribution in [1.82, 2.24) is 15.3 Å². The van der Waals surface area contributed by atoms with Gasteiger partial charge >= 0.3 is 0 Å². The zero-order valence-electron chi connectivity index (χ0n) is 26.4. The molecule has 1 N–H and O–H groups in total. The molecule has 0 aliphatic carbocycles. The summed E-state index contributed by atoms with van der Waals surface area (Å²) in [6.07, 6.45) is 5.80. The number of nitrogens with one attached hydrogen (secondary N) is 1. The van der Waals surface area contributed by atoms with E-state index < -0.39 is 0 Å². The zero-order valence-corrected chi connectivity index (χ0v) is 27.3. The first kappa shape index (κ1) is 29.2. The highest BCUT2D eigenvalue weighted by molar-refractivity contribution is 8.06. The summed E-state index contributed by atoms with van der Waals surface area (Å²) in [5.41, 5.74) is 12.7. The number of fused-ring (bicyclic) bond motifs is 3. The second-order valence-corrected chi connectivity index (χ2v) is 13.2. The molecule has 234 valence electrons. The van der Waals surface area contributed by atoms with Crippen LogP contribution in [0.2, 0.25) is 0 Å². The van der Waals surface area contributed by atoms with Crippen LogP contribution in [0, 0.1) is 0 Å². The van der Waals surface area contributed by atoms with E-state index in [0.717, 1.165) is 61.1 Å². The summed E-state index contributed by atoms with van der Waals surface area (Å²) < 4.78 is 0. The van der Waals surface area contributed by atoms with Gasteiger partial charge in [-0.3, -0.25) is 4.99 Å². The molecule has 1 aromatic heterocycles. The van der Waals surface area contributed by atoms with E-state index in [1.165, 1.54) is 11.1 Å². The number of allylic oxidation sites excluding steroid dienone is 3. The zero-order chi connectivity index (χ0) is 32.6. The van der Waals surface area contributed by atoms with E-state index in [-0.39, 0.29) is 11.5 Å². The van der Waals surface area contributed by atoms with Gasteiger partial charge in [-0.05, 0) is 39.3 Å². The van der Waals surface area contributed by atoms with Crippen LogP contribution in [0.1, 0.15) is 17.3 Å². The Morgan fingerprint density at radius 1 is 0.571 bits per heavy atom. The van der Waals surface area contributed by atoms with Crippen molar-refractivity contribution >= 4 is 23.2 Å². The van der Waals surface area contributed by atoms with Gasteiger partial charge in [0.25, 0.3) is 0 Å². The third-order valence-corrected chi connectivity index (χ3v) is 10.2. The predicted molar refractivity (Wildman–Crippen MR) is 202 cm³/mol. The molecule has 1 saturated heterocycles. The van der Waals surface area contributed by atoms with E-state index in [9.17, 15) is 0 Å². The van der Waals surface area contributed by atoms with Crippen molar-refractivity contribution in [2.24, 2.45) is 4.99 Å². The number of benzene rings is 5. The highest BCUT2D eigenvalue weighted by Gasteiger charge is 2.34. The van der Waals surface area contributed by atoms with Crippen molar-refractivity contribution in [2.75, 3.05) is 0 Å². The van der Waals surface area contributed by atoms with Crippen LogP contribution < -0.4 is 5.32 Å². The third-order valence-electron chi connectivity index (χ3n) is 8.96. The van der Waals surface area contributed by atoms with Crippen molar-refractivity contribution in [1.29, 1.82) is 0 Å². The summed E-state index contributed by atoms with van der Waals surface area (Å²) in [6.45, 7) is 0. The minimum Gasteiger partial charge on any atom is -0.676 e. The summed E-state index contributed by atoms with van der Waals surface area (Å²) in [5, 5.41) is 8.52. The van der Waals surface area contributed by atoms with E-state index in [2.05, 4.69) is 127 Å². The second kappa shape index (κ2) is 12.6. The summed E-state index contributed by atoms with van der Waals surface area (Å²) >= 11 is 1.76. The number of nitrogens with zero attached hydrogens (tertiary/aromatic N) is 4. The van der Waals surface area contributed by atoms with Crippen molar-refractivity contribution in [3.63, 3.8) is 0 Å². The van der Waals surface area contributed by atoms with E-state index in [1.54, 1.807) is 11.8 Å². The van der Waals surface area contributed by atoms with Crippen LogP contribution in [0.4, 0.5) is 0 Å². The summed E-state index contributed by atoms with van der Waals surface area (Å²) in [6, 6.07) is 50.4. The average molecular weight is 649 g/mol. The van der Waals surface area contributed by atoms with E-state index in [0.29, 0.717) is 5.82 Å². The van der Waals surface area contributed by atoms with Gasteiger partial charge in [-0.25, -0.2) is 9.97 Å². The van der Waals surface area contributed by atoms with Gasteiger partial charge in [0, 0.05) is 16.7 Å². The van der Waals surface area contributed by atoms with Gasteiger partial charge in [-0.1, -0.05) is 152 Å². The molecule has 0 radical (unpaired) electrons. The molecule has 0 amide bonds. The van der Waals surface area contributed by atoms with E-state index >= 15 is 0 Å². The summed E-state index contributed by atoms with van der Waals surface area (Å²) in [4.78, 5) is 16.5. The molecular weight excluding hydrogens is 619 g/mol. The molecule has 6 heteroatoms. The molecular formula is C43H30N5S-. The van der Waals surface area contributed by atoms with Crippen LogP contribution in [0.25, 0.3) is 56.0 Å². The average Bonchev–Trinajstić information content (AvgIpc) is 3.57. The van der Waals surface area contributed by atoms with Crippen LogP contribution in [-0.2, 0) is 0 Å². The molecule has 49 heavy (non-hydrogen) atoms. The lowest BCUT2D eigenvalue weighted by Crippen LogP contribution is -2.26. The van der Waals surface area contributed by atoms with Crippen molar-refractivity contribution in [2.45, 2.75) is 11.5 Å². The third kappa shape index (κ3) is 5.66. The lowest BCUT2D eigenvalue weighted by molar-refractivity contribution is 0.663. The second-order valence-electron chi connectivity index (χ2n) is 12.1. The number of aliphatic imine (C=N–C) groups is 1. The fourth-order valence-electron chi connectivity index (χ4n) is 6.44. The van der Waals surface area contributed by atoms with Gasteiger partial charge in [0.05, 0.1) is 27.7 Å². The smallest absolute Gasteiger partial charge is 0.160 e. The van der Waals surface area contributed by atoms with Crippen LogP contribution >= 0.6 is 11.8 Å². The standard InChI is InChI=1S/C43H30N5S/c1-4-11-28(12-5-1)29-18-20-30(21-19-29)36-27-37(46-41(45-36)33-15-8-3-9-16-33)31-22-24-34(25-23-31)42-47-38(32-13-6-2-7-14-32)40-39(48-42)35-17-10-26-44-43(35)49-40/h1-27,42-43,47H/q-1. The largest absolute Gasteiger partial charge is 0.676 e. The fourth-order valence-corrected chi connectivity index (χ4v) is 7.68. The maximum atomic E-state index is 5.25. The topological polar surface area (TPSA) is 64.3 Å². The van der Waals surface area contributed by atoms with Gasteiger partial charge in [0.15, 0.2) is 5.82 Å². The molecule has 2 unspecified atom stereocenters. The predicted octanol–water partition coefficient (Wildman–Crippen LogP) is 10.5. The Bertz CT molecular complexity index is 2280. The Morgan fingerprint density at radius 3 is 1.78 bits per heavy atom. The van der Waals surface area contributed by atoms with Crippen LogP contribution in [0.5, 0.6) is 0 Å². The molecule has 0 bridgehead atoms. The lowest BCUT2D eigenvalue weighted by Gasteiger charge is -2.27. The highest BCUT2D eigenvalue weighted by Crippen LogP contribution is 2.49. The first-order valence-electron chi connectivity index (χ1n) is 16.4. The van der Waals surface area contributed by atoms with E-state index in [1.807, 2.05) is 42.6 Å². The van der Waals surface area contributed by atoms with Gasteiger partial charge in [0.2, 0.25) is 0 Å². The molecule has 1 fully saturated rings. The molecule has 9 rings (SSSR count). The van der Waals surface area contributed by atoms with Crippen LogP contribution in [-0.4, -0.2) is 21.1 Å². The maximum absolute atomic E-state index is 5.25. The molecule has 5 nitrogen and oxygen atoms in total. The minimum absolute atomic E-state index is 0.0423. The lowest BCUT2D eigenvalue weighted by atomic mass is 9.99. The SMILES string of the molecule is C1=C[N-]C2SC3=C(c4ccccc4)NC(c4ccc(-c5cc(-c6ccc(-c7ccccc7)cc6)nc(-c6ccccc6)n5)cc4)N=C3C2=C1. The highest BCUT2D eigenvalue weighted by atomic mass is 32.2. The first-order valence-corrected chi connectivity index (χ1v) is 17.2. The Balaban J connectivity index is 1.07. The van der Waals surface area contributed by atoms with Crippen LogP contribution in [0.15, 0.2) is 179 Å². The molecule has 3 aliphatic rings. The summed E-state index contributed by atoms with van der Waals surface area (Å²) in [5.74, 6) is 0.698. The Morgan fingerprint density at radius 2 is 1.12 bits per heavy atom. The maximum Gasteiger partial charge on any atom is 0.160 e. The normalized spacial score (nSPS) is 17.7. The monoisotopic (exact) mass is 648 g/mol. The molecule has 0 spiro atoms. The van der Waals surface area contributed by atoms with Gasteiger partial charge in [-0.15, -0.1) is 11.8 Å². The fraction of sp³-hybridized carbons (Fsp3) is 0.0465. The minimum atomic E-state index is -0.238. The van der Waals surface area contributed by atoms with Crippen molar-refractivity contribution < 1.29 is 0 Å². The molecule has 3 aliphatic heterocycles. The number of aromatic nitrogens is 2. The molecule has 6 aromatic rings. The Hall–Kier alpha value is -5.98. The Labute approximate surface area is 289 Å². The summed E-state index contributed by atoms with van der Waals surface area (Å²) in [7, 11) is 0. The molecule has 5 aromatic carbocycles. The van der Waals surface area contributed by atoms with Crippen molar-refractivity contribution in [3.05, 3.63) is 191 Å². The Kier molecular flexibility index (Phi) is 7.48. The van der Waals surface area contributed by atoms with E-state index in [4.69, 9.17) is 20.3 Å². The van der Waals surface area contributed by atoms with Gasteiger partial charge in [0.1, 0.15) is 6.17 Å². The number of hydrogen-bond acceptors (Lipinski definition) is 5. The number of rotatable bonds is 6.